The van der Waals surface area contributed by atoms with Crippen molar-refractivity contribution in [1.82, 2.24) is 15.5 Å². The minimum absolute atomic E-state index is 0.0849. The summed E-state index contributed by atoms with van der Waals surface area (Å²) < 4.78 is 31.4. The first-order valence-electron chi connectivity index (χ1n) is 15.6. The third-order valence-electron chi connectivity index (χ3n) is 8.37. The van der Waals surface area contributed by atoms with E-state index < -0.39 is 28.1 Å². The van der Waals surface area contributed by atoms with Crippen LogP contribution in [0, 0.1) is 0 Å². The number of hydrogen-bond donors (Lipinski definition) is 3. The van der Waals surface area contributed by atoms with Gasteiger partial charge in [0.25, 0.3) is 11.8 Å². The van der Waals surface area contributed by atoms with E-state index in [4.69, 9.17) is 4.74 Å². The van der Waals surface area contributed by atoms with Crippen LogP contribution in [0.3, 0.4) is 0 Å². The average molecular weight is 673 g/mol. The lowest BCUT2D eigenvalue weighted by molar-refractivity contribution is 0.0742. The van der Waals surface area contributed by atoms with Crippen LogP contribution in [0.2, 0.25) is 0 Å². The van der Waals surface area contributed by atoms with E-state index in [0.29, 0.717) is 13.0 Å². The van der Waals surface area contributed by atoms with Crippen LogP contribution in [0.25, 0.3) is 0 Å². The lowest BCUT2D eigenvalue weighted by Crippen LogP contribution is -2.48. The van der Waals surface area contributed by atoms with Crippen molar-refractivity contribution in [2.75, 3.05) is 38.3 Å². The van der Waals surface area contributed by atoms with Crippen molar-refractivity contribution in [3.63, 3.8) is 0 Å². The molecule has 4 rings (SSSR count). The van der Waals surface area contributed by atoms with Crippen LogP contribution in [0.15, 0.2) is 103 Å². The van der Waals surface area contributed by atoms with Crippen molar-refractivity contribution >= 4 is 27.5 Å². The van der Waals surface area contributed by atoms with Crippen molar-refractivity contribution in [3.05, 3.63) is 131 Å². The molecule has 3 N–H and O–H groups in total. The molecule has 0 aliphatic carbocycles. The Morgan fingerprint density at radius 3 is 2.12 bits per heavy atom. The zero-order valence-electron chi connectivity index (χ0n) is 28.0. The molecule has 0 heterocycles. The summed E-state index contributed by atoms with van der Waals surface area (Å²) in [6.45, 7) is 2.55. The molecule has 4 aromatic carbocycles. The number of benzene rings is 4. The van der Waals surface area contributed by atoms with Gasteiger partial charge in [-0.2, -0.15) is 0 Å². The van der Waals surface area contributed by atoms with Crippen molar-refractivity contribution in [1.29, 1.82) is 0 Å². The van der Waals surface area contributed by atoms with Gasteiger partial charge in [0.1, 0.15) is 5.75 Å². The molecule has 2 amide bonds. The molecule has 0 bridgehead atoms. The van der Waals surface area contributed by atoms with Gasteiger partial charge >= 0.3 is 0 Å². The van der Waals surface area contributed by atoms with E-state index in [1.807, 2.05) is 91.9 Å². The van der Waals surface area contributed by atoms with Crippen LogP contribution >= 0.6 is 0 Å². The number of nitrogens with zero attached hydrogens (tertiary/aromatic N) is 2. The van der Waals surface area contributed by atoms with Gasteiger partial charge in [-0.3, -0.25) is 13.9 Å². The molecule has 0 saturated carbocycles. The number of hydrogen-bond acceptors (Lipinski definition) is 7. The smallest absolute Gasteiger partial charge is 0.254 e. The average Bonchev–Trinajstić information content (AvgIpc) is 3.10. The Kier molecular flexibility index (Phi) is 12.4. The molecule has 0 fully saturated rings. The normalized spacial score (nSPS) is 13.2. The fraction of sp³-hybridized carbons (Fsp3) is 0.297. The minimum atomic E-state index is -3.71. The number of anilines is 1. The lowest BCUT2D eigenvalue weighted by atomic mass is 9.99. The molecule has 0 aromatic heterocycles. The summed E-state index contributed by atoms with van der Waals surface area (Å²) in [5.41, 5.74) is 3.21. The van der Waals surface area contributed by atoms with Gasteiger partial charge in [0, 0.05) is 38.3 Å². The molecule has 0 unspecified atom stereocenters. The highest BCUT2D eigenvalue weighted by atomic mass is 32.2. The summed E-state index contributed by atoms with van der Waals surface area (Å²) in [7, 11) is 0.919. The first kappa shape index (κ1) is 36.1. The number of aliphatic hydroxyl groups is 1. The lowest BCUT2D eigenvalue weighted by Gasteiger charge is -2.27. The molecule has 48 heavy (non-hydrogen) atoms. The van der Waals surface area contributed by atoms with Gasteiger partial charge in [-0.25, -0.2) is 8.42 Å². The Labute approximate surface area is 283 Å². The highest BCUT2D eigenvalue weighted by Crippen LogP contribution is 2.25. The van der Waals surface area contributed by atoms with E-state index in [2.05, 4.69) is 10.6 Å². The highest BCUT2D eigenvalue weighted by Gasteiger charge is 2.26. The molecule has 4 aromatic rings. The molecule has 3 atom stereocenters. The number of amides is 2. The minimum Gasteiger partial charge on any atom is -0.497 e. The van der Waals surface area contributed by atoms with E-state index in [-0.39, 0.29) is 35.3 Å². The van der Waals surface area contributed by atoms with Gasteiger partial charge in [0.05, 0.1) is 37.2 Å². The molecule has 254 valence electrons. The van der Waals surface area contributed by atoms with Gasteiger partial charge in [0.15, 0.2) is 0 Å². The molecule has 0 aliphatic heterocycles. The van der Waals surface area contributed by atoms with E-state index in [1.54, 1.807) is 19.1 Å². The Bertz CT molecular complexity index is 1790. The third kappa shape index (κ3) is 9.66. The number of nitrogens with one attached hydrogen (secondary N) is 2. The predicted octanol–water partition coefficient (Wildman–Crippen LogP) is 4.42. The molecular weight excluding hydrogens is 628 g/mol. The van der Waals surface area contributed by atoms with Crippen molar-refractivity contribution in [2.45, 2.75) is 38.1 Å². The number of sulfonamides is 1. The standard InChI is InChI=1S/C37H44N4O6S/c1-26(29-16-10-7-11-17-29)40(2)37(44)31-21-30(22-32(23-31)41(3)48(5,45)46)36(43)39-34(20-27-13-8-6-9-14-27)35(42)25-38-24-28-15-12-18-33(19-28)47-4/h6-19,21-23,26,34-35,38,42H,20,24-25H2,1-5H3,(H,39,43)/t26-,34+,35-/m1/s1. The van der Waals surface area contributed by atoms with Crippen molar-refractivity contribution in [2.24, 2.45) is 0 Å². The topological polar surface area (TPSA) is 128 Å². The van der Waals surface area contributed by atoms with Crippen LogP contribution in [0.5, 0.6) is 5.75 Å². The second kappa shape index (κ2) is 16.4. The van der Waals surface area contributed by atoms with Crippen LogP contribution in [-0.4, -0.2) is 76.4 Å². The highest BCUT2D eigenvalue weighted by molar-refractivity contribution is 7.92. The van der Waals surface area contributed by atoms with Crippen LogP contribution in [0.4, 0.5) is 5.69 Å². The summed E-state index contributed by atoms with van der Waals surface area (Å²) in [6.07, 6.45) is 0.400. The van der Waals surface area contributed by atoms with Crippen molar-refractivity contribution < 1.29 is 27.9 Å². The first-order chi connectivity index (χ1) is 22.9. The number of aliphatic hydroxyl groups excluding tert-OH is 1. The second-order valence-electron chi connectivity index (χ2n) is 11.8. The largest absolute Gasteiger partial charge is 0.497 e. The first-order valence-corrected chi connectivity index (χ1v) is 17.5. The van der Waals surface area contributed by atoms with Crippen LogP contribution < -0.4 is 19.7 Å². The van der Waals surface area contributed by atoms with Gasteiger partial charge < -0.3 is 25.4 Å². The van der Waals surface area contributed by atoms with Crippen LogP contribution in [-0.2, 0) is 23.0 Å². The maximum atomic E-state index is 13.9. The molecule has 11 heteroatoms. The van der Waals surface area contributed by atoms with E-state index >= 15 is 0 Å². The number of ether oxygens (including phenoxy) is 1. The maximum Gasteiger partial charge on any atom is 0.254 e. The number of methoxy groups -OCH3 is 1. The SMILES string of the molecule is COc1cccc(CNC[C@@H](O)[C@H](Cc2ccccc2)NC(=O)c2cc(C(=O)N(C)[C@H](C)c3ccccc3)cc(N(C)S(C)(=O)=O)c2)c1. The zero-order chi connectivity index (χ0) is 34.8. The van der Waals surface area contributed by atoms with Gasteiger partial charge in [-0.15, -0.1) is 0 Å². The molecular formula is C37H44N4O6S. The quantitative estimate of drug-likeness (QED) is 0.171. The van der Waals surface area contributed by atoms with Crippen molar-refractivity contribution in [3.8, 4) is 5.75 Å². The summed E-state index contributed by atoms with van der Waals surface area (Å²) in [5, 5.41) is 17.5. The molecule has 0 aliphatic rings. The van der Waals surface area contributed by atoms with Crippen LogP contribution in [0.1, 0.15) is 50.4 Å². The Hall–Kier alpha value is -4.71. The number of carbonyl (C=O) groups is 2. The summed E-state index contributed by atoms with van der Waals surface area (Å²) >= 11 is 0. The maximum absolute atomic E-state index is 13.9. The van der Waals surface area contributed by atoms with E-state index in [0.717, 1.165) is 33.0 Å². The number of rotatable bonds is 15. The Morgan fingerprint density at radius 2 is 1.48 bits per heavy atom. The number of carbonyl (C=O) groups excluding carboxylic acids is 2. The third-order valence-corrected chi connectivity index (χ3v) is 9.57. The van der Waals surface area contributed by atoms with Gasteiger partial charge in [0.2, 0.25) is 10.0 Å². The summed E-state index contributed by atoms with van der Waals surface area (Å²) in [6, 6.07) is 30.0. The fourth-order valence-corrected chi connectivity index (χ4v) is 5.75. The predicted molar refractivity (Wildman–Crippen MR) is 189 cm³/mol. The Balaban J connectivity index is 1.60. The second-order valence-corrected chi connectivity index (χ2v) is 13.8. The summed E-state index contributed by atoms with van der Waals surface area (Å²) in [5.74, 6) is -0.211. The van der Waals surface area contributed by atoms with E-state index in [1.165, 1.54) is 25.2 Å². The fourth-order valence-electron chi connectivity index (χ4n) is 5.27. The summed E-state index contributed by atoms with van der Waals surface area (Å²) in [4.78, 5) is 29.2. The Morgan fingerprint density at radius 1 is 0.854 bits per heavy atom. The zero-order valence-corrected chi connectivity index (χ0v) is 28.8. The molecule has 0 saturated heterocycles. The van der Waals surface area contributed by atoms with E-state index in [9.17, 15) is 23.1 Å². The monoisotopic (exact) mass is 672 g/mol. The molecule has 0 spiro atoms. The molecule has 10 nitrogen and oxygen atoms in total. The van der Waals surface area contributed by atoms with Gasteiger partial charge in [-0.1, -0.05) is 72.8 Å². The molecule has 0 radical (unpaired) electrons. The van der Waals surface area contributed by atoms with Gasteiger partial charge in [-0.05, 0) is 60.4 Å².